The summed E-state index contributed by atoms with van der Waals surface area (Å²) in [6, 6.07) is 8.82. The number of nitrogens with zero attached hydrogens (tertiary/aromatic N) is 2. The predicted molar refractivity (Wildman–Crippen MR) is 65.6 cm³/mol. The SMILES string of the molecule is O=C1CN([O-])C(c2ccccc2)c2cn[nH]c2N1. The normalized spacial score (nSPS) is 20.1. The molecule has 3 rings (SSSR count). The third kappa shape index (κ3) is 1.77. The fraction of sp³-hybridized carbons (Fsp3) is 0.167. The van der Waals surface area contributed by atoms with Crippen molar-refractivity contribution in [2.75, 3.05) is 11.9 Å². The second-order valence-corrected chi connectivity index (χ2v) is 4.14. The minimum absolute atomic E-state index is 0.192. The minimum atomic E-state index is -0.515. The zero-order valence-corrected chi connectivity index (χ0v) is 9.46. The number of aromatic nitrogens is 2. The van der Waals surface area contributed by atoms with Crippen LogP contribution in [0.15, 0.2) is 36.5 Å². The molecular weight excluding hydrogens is 232 g/mol. The van der Waals surface area contributed by atoms with E-state index in [9.17, 15) is 10.0 Å². The number of H-pyrrole nitrogens is 1. The molecule has 1 amide bonds. The summed E-state index contributed by atoms with van der Waals surface area (Å²) in [6.07, 6.45) is 1.57. The van der Waals surface area contributed by atoms with E-state index in [-0.39, 0.29) is 12.5 Å². The molecule has 0 saturated heterocycles. The second kappa shape index (κ2) is 4.25. The molecule has 92 valence electrons. The van der Waals surface area contributed by atoms with Gasteiger partial charge in [0.25, 0.3) is 0 Å². The second-order valence-electron chi connectivity index (χ2n) is 4.14. The molecule has 1 aromatic heterocycles. The highest BCUT2D eigenvalue weighted by molar-refractivity contribution is 5.93. The van der Waals surface area contributed by atoms with Crippen molar-refractivity contribution in [2.45, 2.75) is 6.04 Å². The molecule has 6 heteroatoms. The summed E-state index contributed by atoms with van der Waals surface area (Å²) in [7, 11) is 0. The number of hydrogen-bond donors (Lipinski definition) is 2. The zero-order valence-electron chi connectivity index (χ0n) is 9.46. The number of nitrogens with one attached hydrogen (secondary N) is 2. The van der Waals surface area contributed by atoms with Crippen LogP contribution in [0.2, 0.25) is 0 Å². The van der Waals surface area contributed by atoms with Gasteiger partial charge in [0, 0.05) is 5.56 Å². The average Bonchev–Trinajstić information content (AvgIpc) is 2.74. The molecule has 18 heavy (non-hydrogen) atoms. The van der Waals surface area contributed by atoms with Crippen LogP contribution in [0, 0.1) is 5.21 Å². The van der Waals surface area contributed by atoms with Crippen molar-refractivity contribution in [1.82, 2.24) is 15.3 Å². The number of hydrogen-bond acceptors (Lipinski definition) is 4. The third-order valence-electron chi connectivity index (χ3n) is 2.93. The van der Waals surface area contributed by atoms with E-state index in [1.807, 2.05) is 30.3 Å². The van der Waals surface area contributed by atoms with Crippen molar-refractivity contribution in [3.8, 4) is 0 Å². The van der Waals surface area contributed by atoms with E-state index in [0.29, 0.717) is 11.4 Å². The van der Waals surface area contributed by atoms with Gasteiger partial charge in [0.05, 0.1) is 18.8 Å². The van der Waals surface area contributed by atoms with Crippen LogP contribution in [0.1, 0.15) is 17.2 Å². The van der Waals surface area contributed by atoms with Gasteiger partial charge in [0.15, 0.2) is 0 Å². The van der Waals surface area contributed by atoms with E-state index >= 15 is 0 Å². The van der Waals surface area contributed by atoms with Crippen LogP contribution in [0.3, 0.4) is 0 Å². The van der Waals surface area contributed by atoms with E-state index < -0.39 is 6.04 Å². The molecule has 2 N–H and O–H groups in total. The third-order valence-corrected chi connectivity index (χ3v) is 2.93. The summed E-state index contributed by atoms with van der Waals surface area (Å²) in [5.41, 5.74) is 1.52. The van der Waals surface area contributed by atoms with E-state index in [2.05, 4.69) is 15.5 Å². The van der Waals surface area contributed by atoms with Crippen LogP contribution in [-0.2, 0) is 4.79 Å². The van der Waals surface area contributed by atoms with Gasteiger partial charge in [-0.3, -0.25) is 9.89 Å². The summed E-state index contributed by atoms with van der Waals surface area (Å²) in [5.74, 6) is 0.154. The molecule has 0 bridgehead atoms. The fourth-order valence-electron chi connectivity index (χ4n) is 2.15. The molecule has 0 fully saturated rings. The smallest absolute Gasteiger partial charge is 0.238 e. The number of hydroxylamine groups is 2. The lowest BCUT2D eigenvalue weighted by molar-refractivity contribution is -0.116. The van der Waals surface area contributed by atoms with Gasteiger partial charge in [-0.05, 0) is 5.56 Å². The summed E-state index contributed by atoms with van der Waals surface area (Å²) in [6.45, 7) is -0.192. The molecule has 1 aromatic carbocycles. The summed E-state index contributed by atoms with van der Waals surface area (Å²) >= 11 is 0. The first kappa shape index (κ1) is 10.9. The Labute approximate surface area is 103 Å². The highest BCUT2D eigenvalue weighted by Gasteiger charge is 2.26. The van der Waals surface area contributed by atoms with Crippen molar-refractivity contribution in [3.05, 3.63) is 52.9 Å². The Kier molecular flexibility index (Phi) is 2.58. The largest absolute Gasteiger partial charge is 0.784 e. The van der Waals surface area contributed by atoms with Crippen LogP contribution in [0.4, 0.5) is 5.82 Å². The Morgan fingerprint density at radius 1 is 1.33 bits per heavy atom. The topological polar surface area (TPSA) is 84.1 Å². The highest BCUT2D eigenvalue weighted by Crippen LogP contribution is 2.33. The number of anilines is 1. The quantitative estimate of drug-likeness (QED) is 0.789. The molecular formula is C12H11N4O2-. The number of carbonyl (C=O) groups is 1. The zero-order chi connectivity index (χ0) is 12.5. The van der Waals surface area contributed by atoms with Crippen molar-refractivity contribution >= 4 is 11.7 Å². The number of carbonyl (C=O) groups excluding carboxylic acids is 1. The molecule has 1 aliphatic heterocycles. The van der Waals surface area contributed by atoms with Crippen molar-refractivity contribution in [2.24, 2.45) is 0 Å². The summed E-state index contributed by atoms with van der Waals surface area (Å²) < 4.78 is 0. The standard InChI is InChI=1S/C12H11N4O2/c17-10-7-16(18)11(8-4-2-1-3-5-8)9-6-13-15-12(9)14-10/h1-6,11H,7H2,(H2,13,14,15,17)/q-1. The van der Waals surface area contributed by atoms with Gasteiger partial charge >= 0.3 is 0 Å². The van der Waals surface area contributed by atoms with Gasteiger partial charge < -0.3 is 15.6 Å². The van der Waals surface area contributed by atoms with E-state index in [1.165, 1.54) is 0 Å². The van der Waals surface area contributed by atoms with Crippen LogP contribution in [0.5, 0.6) is 0 Å². The first-order chi connectivity index (χ1) is 8.75. The predicted octanol–water partition coefficient (Wildman–Crippen LogP) is 1.25. The highest BCUT2D eigenvalue weighted by atomic mass is 16.5. The van der Waals surface area contributed by atoms with E-state index in [4.69, 9.17) is 0 Å². The molecule has 6 nitrogen and oxygen atoms in total. The van der Waals surface area contributed by atoms with Gasteiger partial charge in [-0.15, -0.1) is 0 Å². The van der Waals surface area contributed by atoms with Gasteiger partial charge in [-0.1, -0.05) is 30.3 Å². The Morgan fingerprint density at radius 2 is 2.11 bits per heavy atom. The monoisotopic (exact) mass is 243 g/mol. The molecule has 0 aliphatic carbocycles. The molecule has 0 saturated carbocycles. The molecule has 1 aliphatic rings. The van der Waals surface area contributed by atoms with Crippen molar-refractivity contribution in [3.63, 3.8) is 0 Å². The Bertz CT molecular complexity index is 566. The molecule has 0 radical (unpaired) electrons. The number of benzene rings is 1. The molecule has 1 atom stereocenters. The van der Waals surface area contributed by atoms with E-state index in [0.717, 1.165) is 10.6 Å². The maximum Gasteiger partial charge on any atom is 0.238 e. The van der Waals surface area contributed by atoms with Crippen molar-refractivity contribution in [1.29, 1.82) is 0 Å². The Morgan fingerprint density at radius 3 is 2.89 bits per heavy atom. The number of rotatable bonds is 1. The van der Waals surface area contributed by atoms with Gasteiger partial charge in [-0.25, -0.2) is 0 Å². The Balaban J connectivity index is 2.10. The lowest BCUT2D eigenvalue weighted by atomic mass is 10.0. The summed E-state index contributed by atoms with van der Waals surface area (Å²) in [4.78, 5) is 11.5. The van der Waals surface area contributed by atoms with Crippen LogP contribution in [-0.4, -0.2) is 27.7 Å². The fourth-order valence-corrected chi connectivity index (χ4v) is 2.15. The van der Waals surface area contributed by atoms with Gasteiger partial charge in [-0.2, -0.15) is 5.10 Å². The molecule has 2 heterocycles. The van der Waals surface area contributed by atoms with E-state index in [1.54, 1.807) is 6.20 Å². The average molecular weight is 243 g/mol. The lowest BCUT2D eigenvalue weighted by Crippen LogP contribution is -2.29. The van der Waals surface area contributed by atoms with Crippen LogP contribution >= 0.6 is 0 Å². The lowest BCUT2D eigenvalue weighted by Gasteiger charge is -2.34. The first-order valence-electron chi connectivity index (χ1n) is 5.57. The number of fused-ring (bicyclic) bond motifs is 1. The number of amides is 1. The first-order valence-corrected chi connectivity index (χ1v) is 5.57. The minimum Gasteiger partial charge on any atom is -0.784 e. The molecule has 1 unspecified atom stereocenters. The van der Waals surface area contributed by atoms with Crippen molar-refractivity contribution < 1.29 is 4.79 Å². The maximum atomic E-state index is 12.1. The van der Waals surface area contributed by atoms with Crippen LogP contribution < -0.4 is 5.32 Å². The summed E-state index contributed by atoms with van der Waals surface area (Å²) in [5, 5.41) is 22.1. The molecule has 2 aromatic rings. The van der Waals surface area contributed by atoms with Gasteiger partial charge in [0.2, 0.25) is 5.91 Å². The molecule has 0 spiro atoms. The van der Waals surface area contributed by atoms with Gasteiger partial charge in [0.1, 0.15) is 5.82 Å². The Hall–Kier alpha value is -2.18. The number of aromatic amines is 1. The van der Waals surface area contributed by atoms with Crippen LogP contribution in [0.25, 0.3) is 0 Å². The maximum absolute atomic E-state index is 12.1.